The lowest BCUT2D eigenvalue weighted by Gasteiger charge is -2.39. The van der Waals surface area contributed by atoms with Gasteiger partial charge in [0, 0.05) is 0 Å². The first-order valence-electron chi connectivity index (χ1n) is 7.76. The molecule has 0 aromatic heterocycles. The number of rotatable bonds is 7. The summed E-state index contributed by atoms with van der Waals surface area (Å²) in [7, 11) is 0. The lowest BCUT2D eigenvalue weighted by atomic mass is 9.99. The molecule has 2 rings (SSSR count). The lowest BCUT2D eigenvalue weighted by molar-refractivity contribution is -0.277. The Balaban J connectivity index is 1.95. The highest BCUT2D eigenvalue weighted by Gasteiger charge is 2.44. The Morgan fingerprint density at radius 3 is 2.26 bits per heavy atom. The van der Waals surface area contributed by atoms with Gasteiger partial charge in [0.1, 0.15) is 35.9 Å². The van der Waals surface area contributed by atoms with E-state index in [0.29, 0.717) is 18.1 Å². The van der Waals surface area contributed by atoms with E-state index in [-0.39, 0.29) is 0 Å². The summed E-state index contributed by atoms with van der Waals surface area (Å²) in [4.78, 5) is 0. The fourth-order valence-electron chi connectivity index (χ4n) is 2.25. The maximum atomic E-state index is 9.91. The van der Waals surface area contributed by atoms with Gasteiger partial charge in [-0.15, -0.1) is 0 Å². The van der Waals surface area contributed by atoms with Crippen molar-refractivity contribution in [2.24, 2.45) is 0 Å². The fourth-order valence-corrected chi connectivity index (χ4v) is 2.25. The zero-order valence-electron chi connectivity index (χ0n) is 13.0. The van der Waals surface area contributed by atoms with Crippen molar-refractivity contribution in [1.29, 1.82) is 0 Å². The molecule has 0 saturated carbocycles. The van der Waals surface area contributed by atoms with E-state index in [1.807, 2.05) is 0 Å². The van der Waals surface area contributed by atoms with Gasteiger partial charge in [0.25, 0.3) is 0 Å². The highest BCUT2D eigenvalue weighted by Crippen LogP contribution is 2.25. The Morgan fingerprint density at radius 2 is 1.65 bits per heavy atom. The van der Waals surface area contributed by atoms with Gasteiger partial charge in [-0.05, 0) is 30.7 Å². The zero-order chi connectivity index (χ0) is 16.8. The quantitative estimate of drug-likeness (QED) is 0.524. The van der Waals surface area contributed by atoms with Crippen molar-refractivity contribution in [3.63, 3.8) is 0 Å². The van der Waals surface area contributed by atoms with Gasteiger partial charge >= 0.3 is 0 Å². The maximum Gasteiger partial charge on any atom is 0.229 e. The molecule has 0 spiro atoms. The topological polar surface area (TPSA) is 109 Å². The minimum absolute atomic E-state index is 0.414. The molecule has 7 heteroatoms. The van der Waals surface area contributed by atoms with Crippen LogP contribution < -0.4 is 9.47 Å². The van der Waals surface area contributed by atoms with Crippen LogP contribution >= 0.6 is 0 Å². The van der Waals surface area contributed by atoms with Crippen LogP contribution in [0.3, 0.4) is 0 Å². The minimum atomic E-state index is -1.46. The second kappa shape index (κ2) is 8.47. The fraction of sp³-hybridized carbons (Fsp3) is 0.625. The average molecular weight is 328 g/mol. The third kappa shape index (κ3) is 4.55. The van der Waals surface area contributed by atoms with Crippen LogP contribution in [0.15, 0.2) is 24.3 Å². The number of aliphatic hydroxyl groups excluding tert-OH is 4. The molecule has 0 radical (unpaired) electrons. The molecule has 0 aliphatic carbocycles. The number of benzene rings is 1. The Morgan fingerprint density at radius 1 is 1.00 bits per heavy atom. The van der Waals surface area contributed by atoms with E-state index in [1.165, 1.54) is 0 Å². The van der Waals surface area contributed by atoms with Crippen LogP contribution in [-0.4, -0.2) is 64.3 Å². The molecule has 1 aliphatic heterocycles. The number of aliphatic hydroxyl groups is 4. The van der Waals surface area contributed by atoms with Gasteiger partial charge in [-0.2, -0.15) is 0 Å². The average Bonchev–Trinajstić information content (AvgIpc) is 2.57. The summed E-state index contributed by atoms with van der Waals surface area (Å²) < 4.78 is 16.3. The molecule has 1 heterocycles. The van der Waals surface area contributed by atoms with E-state index < -0.39 is 37.3 Å². The summed E-state index contributed by atoms with van der Waals surface area (Å²) in [5.74, 6) is 1.12. The standard InChI is InChI=1S/C16H24O7/c1-2-3-8-21-10-4-6-11(7-5-10)22-16-15(20)14(19)13(18)12(9-17)23-16/h4-7,12-20H,2-3,8-9H2,1H3. The molecule has 1 aromatic rings. The predicted octanol–water partition coefficient (Wildman–Crippen LogP) is 0.0442. The molecule has 23 heavy (non-hydrogen) atoms. The summed E-state index contributed by atoms with van der Waals surface area (Å²) in [6.07, 6.45) is -4.42. The molecule has 0 bridgehead atoms. The summed E-state index contributed by atoms with van der Waals surface area (Å²) in [6, 6.07) is 6.77. The monoisotopic (exact) mass is 328 g/mol. The molecule has 1 fully saturated rings. The Labute approximate surface area is 135 Å². The molecule has 130 valence electrons. The highest BCUT2D eigenvalue weighted by molar-refractivity contribution is 5.31. The van der Waals surface area contributed by atoms with Gasteiger partial charge in [0.15, 0.2) is 0 Å². The molecule has 7 nitrogen and oxygen atoms in total. The Bertz CT molecular complexity index is 462. The zero-order valence-corrected chi connectivity index (χ0v) is 13.0. The van der Waals surface area contributed by atoms with Crippen LogP contribution in [-0.2, 0) is 4.74 Å². The Kier molecular flexibility index (Phi) is 6.61. The van der Waals surface area contributed by atoms with E-state index in [0.717, 1.165) is 12.8 Å². The van der Waals surface area contributed by atoms with Crippen LogP contribution in [0.25, 0.3) is 0 Å². The van der Waals surface area contributed by atoms with E-state index in [9.17, 15) is 15.3 Å². The van der Waals surface area contributed by atoms with Crippen molar-refractivity contribution in [2.45, 2.75) is 50.5 Å². The van der Waals surface area contributed by atoms with Gasteiger partial charge in [0.2, 0.25) is 6.29 Å². The van der Waals surface area contributed by atoms with Crippen molar-refractivity contribution in [2.75, 3.05) is 13.2 Å². The summed E-state index contributed by atoms with van der Waals surface area (Å²) in [5.41, 5.74) is 0. The SMILES string of the molecule is CCCCOc1ccc(OC2OC(CO)C(O)C(O)C2O)cc1. The van der Waals surface area contributed by atoms with Crippen molar-refractivity contribution in [3.05, 3.63) is 24.3 Å². The number of unbranched alkanes of at least 4 members (excludes halogenated alkanes) is 1. The van der Waals surface area contributed by atoms with Gasteiger partial charge in [-0.25, -0.2) is 0 Å². The summed E-state index contributed by atoms with van der Waals surface area (Å²) in [6.45, 7) is 2.24. The largest absolute Gasteiger partial charge is 0.494 e. The Hall–Kier alpha value is -1.38. The second-order valence-corrected chi connectivity index (χ2v) is 5.49. The highest BCUT2D eigenvalue weighted by atomic mass is 16.7. The van der Waals surface area contributed by atoms with Gasteiger partial charge in [-0.3, -0.25) is 0 Å². The lowest BCUT2D eigenvalue weighted by Crippen LogP contribution is -2.60. The van der Waals surface area contributed by atoms with Crippen LogP contribution in [0.4, 0.5) is 0 Å². The molecule has 1 aliphatic rings. The normalized spacial score (nSPS) is 30.9. The third-order valence-corrected chi connectivity index (χ3v) is 3.69. The molecule has 5 unspecified atom stereocenters. The molecule has 5 atom stereocenters. The van der Waals surface area contributed by atoms with E-state index >= 15 is 0 Å². The smallest absolute Gasteiger partial charge is 0.229 e. The molecule has 1 aromatic carbocycles. The molecular weight excluding hydrogens is 304 g/mol. The third-order valence-electron chi connectivity index (χ3n) is 3.69. The predicted molar refractivity (Wildman–Crippen MR) is 81.2 cm³/mol. The second-order valence-electron chi connectivity index (χ2n) is 5.49. The van der Waals surface area contributed by atoms with Crippen LogP contribution in [0.2, 0.25) is 0 Å². The van der Waals surface area contributed by atoms with Crippen molar-refractivity contribution in [3.8, 4) is 11.5 Å². The first-order chi connectivity index (χ1) is 11.1. The van der Waals surface area contributed by atoms with Crippen LogP contribution in [0.1, 0.15) is 19.8 Å². The van der Waals surface area contributed by atoms with Crippen LogP contribution in [0.5, 0.6) is 11.5 Å². The molecular formula is C16H24O7. The van der Waals surface area contributed by atoms with Gasteiger partial charge < -0.3 is 34.6 Å². The molecule has 0 amide bonds. The van der Waals surface area contributed by atoms with Crippen molar-refractivity contribution < 1.29 is 34.6 Å². The maximum absolute atomic E-state index is 9.91. The summed E-state index contributed by atoms with van der Waals surface area (Å²) >= 11 is 0. The van der Waals surface area contributed by atoms with E-state index in [2.05, 4.69) is 6.92 Å². The first kappa shape index (κ1) is 18.0. The van der Waals surface area contributed by atoms with E-state index in [4.69, 9.17) is 19.3 Å². The van der Waals surface area contributed by atoms with Crippen molar-refractivity contribution >= 4 is 0 Å². The number of hydrogen-bond donors (Lipinski definition) is 4. The molecule has 4 N–H and O–H groups in total. The van der Waals surface area contributed by atoms with Gasteiger partial charge in [-0.1, -0.05) is 13.3 Å². The number of hydrogen-bond acceptors (Lipinski definition) is 7. The van der Waals surface area contributed by atoms with E-state index in [1.54, 1.807) is 24.3 Å². The van der Waals surface area contributed by atoms with Crippen LogP contribution in [0, 0.1) is 0 Å². The molecule has 1 saturated heterocycles. The number of ether oxygens (including phenoxy) is 3. The van der Waals surface area contributed by atoms with Gasteiger partial charge in [0.05, 0.1) is 13.2 Å². The minimum Gasteiger partial charge on any atom is -0.494 e. The van der Waals surface area contributed by atoms with Crippen molar-refractivity contribution in [1.82, 2.24) is 0 Å². The summed E-state index contributed by atoms with van der Waals surface area (Å²) in [5, 5.41) is 38.5. The first-order valence-corrected chi connectivity index (χ1v) is 7.76.